The first kappa shape index (κ1) is 12.4. The van der Waals surface area contributed by atoms with E-state index in [2.05, 4.69) is 41.6 Å². The summed E-state index contributed by atoms with van der Waals surface area (Å²) in [4.78, 5) is 3.96. The molecule has 0 unspecified atom stereocenters. The van der Waals surface area contributed by atoms with E-state index in [1.165, 1.54) is 0 Å². The normalized spacial score (nSPS) is 39.9. The average molecular weight is 267 g/mol. The van der Waals surface area contributed by atoms with Crippen molar-refractivity contribution in [1.82, 2.24) is 0 Å². The Morgan fingerprint density at radius 3 is 2.36 bits per heavy atom. The molecule has 1 aliphatic rings. The second-order valence-corrected chi connectivity index (χ2v) is 6.35. The van der Waals surface area contributed by atoms with Gasteiger partial charge in [-0.15, -0.1) is 0 Å². The van der Waals surface area contributed by atoms with Gasteiger partial charge in [-0.3, -0.25) is 0 Å². The van der Waals surface area contributed by atoms with Crippen LogP contribution in [-0.2, 0) is 4.89 Å². The minimum absolute atomic E-state index is 0.196. The quantitative estimate of drug-likeness (QED) is 0.332. The molecule has 14 heavy (non-hydrogen) atoms. The highest BCUT2D eigenvalue weighted by Crippen LogP contribution is 2.44. The van der Waals surface area contributed by atoms with Crippen molar-refractivity contribution in [2.45, 2.75) is 50.6 Å². The van der Waals surface area contributed by atoms with Crippen LogP contribution < -0.4 is 0 Å². The maximum Gasteiger partial charge on any atom is 0.211 e. The van der Waals surface area contributed by atoms with Gasteiger partial charge < -0.3 is 5.11 Å². The van der Waals surface area contributed by atoms with Gasteiger partial charge in [-0.2, -0.15) is 0 Å². The predicted octanol–water partition coefficient (Wildman–Crippen LogP) is 2.77. The zero-order valence-corrected chi connectivity index (χ0v) is 10.5. The summed E-state index contributed by atoms with van der Waals surface area (Å²) in [6.07, 6.45) is 2.17. The van der Waals surface area contributed by atoms with E-state index in [-0.39, 0.29) is 10.2 Å². The summed E-state index contributed by atoms with van der Waals surface area (Å²) in [5.74, 6) is -0.857. The molecule has 0 bridgehead atoms. The molecule has 0 heterocycles. The molecule has 0 aromatic carbocycles. The lowest BCUT2D eigenvalue weighted by molar-refractivity contribution is -0.398. The van der Waals surface area contributed by atoms with E-state index < -0.39 is 5.79 Å². The molecule has 0 aromatic rings. The Morgan fingerprint density at radius 1 is 1.43 bits per heavy atom. The largest absolute Gasteiger partial charge is 0.362 e. The Balaban J connectivity index is 2.64. The van der Waals surface area contributed by atoms with Crippen molar-refractivity contribution in [3.63, 3.8) is 0 Å². The molecule has 2 N–H and O–H groups in total. The van der Waals surface area contributed by atoms with E-state index in [9.17, 15) is 5.11 Å². The molecule has 84 valence electrons. The van der Waals surface area contributed by atoms with Crippen LogP contribution in [0.5, 0.6) is 0 Å². The number of rotatable bonds is 1. The molecule has 0 spiro atoms. The Kier molecular flexibility index (Phi) is 3.62. The molecule has 0 aliphatic heterocycles. The fraction of sp³-hybridized carbons (Fsp3) is 1.00. The number of hydrogen-bond acceptors (Lipinski definition) is 3. The number of hydrogen-bond donors (Lipinski definition) is 2. The maximum absolute atomic E-state index is 9.81. The molecule has 1 rings (SSSR count). The Labute approximate surface area is 93.5 Å². The van der Waals surface area contributed by atoms with Crippen molar-refractivity contribution >= 4 is 15.9 Å². The van der Waals surface area contributed by atoms with Gasteiger partial charge in [0.1, 0.15) is 0 Å². The van der Waals surface area contributed by atoms with E-state index >= 15 is 0 Å². The van der Waals surface area contributed by atoms with Gasteiger partial charge in [0, 0.05) is 6.42 Å². The lowest BCUT2D eigenvalue weighted by Crippen LogP contribution is -2.47. The maximum atomic E-state index is 9.81. The second-order valence-electron chi connectivity index (χ2n) is 5.24. The molecule has 0 radical (unpaired) electrons. The third-order valence-electron chi connectivity index (χ3n) is 3.21. The molecule has 1 aliphatic carbocycles. The first-order valence-corrected chi connectivity index (χ1v) is 5.90. The molecule has 0 amide bonds. The van der Waals surface area contributed by atoms with Gasteiger partial charge in [0.2, 0.25) is 5.79 Å². The monoisotopic (exact) mass is 266 g/mol. The molecular weight excluding hydrogens is 248 g/mol. The molecule has 0 aromatic heterocycles. The van der Waals surface area contributed by atoms with Gasteiger partial charge >= 0.3 is 0 Å². The third-order valence-corrected chi connectivity index (χ3v) is 4.30. The van der Waals surface area contributed by atoms with Crippen LogP contribution in [0.15, 0.2) is 0 Å². The summed E-state index contributed by atoms with van der Waals surface area (Å²) < 4.78 is 0. The summed E-state index contributed by atoms with van der Waals surface area (Å²) in [5.41, 5.74) is 0.239. The van der Waals surface area contributed by atoms with Crippen LogP contribution in [0, 0.1) is 11.3 Å². The highest BCUT2D eigenvalue weighted by molar-refractivity contribution is 9.09. The highest BCUT2D eigenvalue weighted by atomic mass is 79.9. The Morgan fingerprint density at radius 2 is 2.00 bits per heavy atom. The second kappa shape index (κ2) is 4.08. The van der Waals surface area contributed by atoms with E-state index in [0.29, 0.717) is 12.3 Å². The van der Waals surface area contributed by atoms with Crippen LogP contribution >= 0.6 is 15.9 Å². The number of aliphatic hydroxyl groups is 1. The van der Waals surface area contributed by atoms with Crippen LogP contribution in [0.3, 0.4) is 0 Å². The summed E-state index contributed by atoms with van der Waals surface area (Å²) in [7, 11) is 0. The van der Waals surface area contributed by atoms with E-state index in [4.69, 9.17) is 5.26 Å². The van der Waals surface area contributed by atoms with Crippen LogP contribution in [0.2, 0.25) is 0 Å². The van der Waals surface area contributed by atoms with Crippen molar-refractivity contribution in [1.29, 1.82) is 0 Å². The minimum Gasteiger partial charge on any atom is -0.362 e. The van der Waals surface area contributed by atoms with Crippen LogP contribution in [0.1, 0.15) is 40.0 Å². The number of halogens is 1. The van der Waals surface area contributed by atoms with Gasteiger partial charge in [0.05, 0.1) is 4.83 Å². The number of alkyl halides is 1. The molecule has 0 saturated heterocycles. The molecule has 4 heteroatoms. The fourth-order valence-electron chi connectivity index (χ4n) is 1.98. The van der Waals surface area contributed by atoms with Gasteiger partial charge in [-0.25, -0.2) is 10.1 Å². The van der Waals surface area contributed by atoms with Crippen molar-refractivity contribution in [3.05, 3.63) is 0 Å². The lowest BCUT2D eigenvalue weighted by Gasteiger charge is -2.42. The van der Waals surface area contributed by atoms with Crippen molar-refractivity contribution in [2.75, 3.05) is 0 Å². The standard InChI is InChI=1S/C10H19BrO3/c1-9(2,3)7-4-5-10(12,14-13)8(11)6-7/h7-8,12-13H,4-6H2,1-3H3/t7-,8-,10+/m0/s1. The summed E-state index contributed by atoms with van der Waals surface area (Å²) in [5, 5.41) is 18.4. The molecular formula is C10H19BrO3. The van der Waals surface area contributed by atoms with Gasteiger partial charge in [0.15, 0.2) is 0 Å². The van der Waals surface area contributed by atoms with Crippen LogP contribution in [0.4, 0.5) is 0 Å². The fourth-order valence-corrected chi connectivity index (χ4v) is 2.74. The predicted molar refractivity (Wildman–Crippen MR) is 58.2 cm³/mol. The van der Waals surface area contributed by atoms with E-state index in [1.54, 1.807) is 0 Å². The van der Waals surface area contributed by atoms with E-state index in [0.717, 1.165) is 12.8 Å². The highest BCUT2D eigenvalue weighted by Gasteiger charge is 2.45. The van der Waals surface area contributed by atoms with Gasteiger partial charge in [-0.05, 0) is 24.2 Å². The first-order chi connectivity index (χ1) is 6.29. The van der Waals surface area contributed by atoms with E-state index in [1.807, 2.05) is 0 Å². The summed E-state index contributed by atoms with van der Waals surface area (Å²) in [6.45, 7) is 6.59. The average Bonchev–Trinajstić information content (AvgIpc) is 2.08. The SMILES string of the molecule is CC(C)(C)[C@H]1CC[C@@](O)(OO)[C@@H](Br)C1. The first-order valence-electron chi connectivity index (χ1n) is 4.98. The zero-order chi connectivity index (χ0) is 11.0. The van der Waals surface area contributed by atoms with Gasteiger partial charge in [-0.1, -0.05) is 36.7 Å². The smallest absolute Gasteiger partial charge is 0.211 e. The van der Waals surface area contributed by atoms with Crippen LogP contribution in [-0.4, -0.2) is 21.0 Å². The lowest BCUT2D eigenvalue weighted by atomic mass is 9.71. The van der Waals surface area contributed by atoms with Gasteiger partial charge in [0.25, 0.3) is 0 Å². The molecule has 3 nitrogen and oxygen atoms in total. The Hall–Kier alpha value is 0.360. The van der Waals surface area contributed by atoms with Crippen LogP contribution in [0.25, 0.3) is 0 Å². The van der Waals surface area contributed by atoms with Crippen molar-refractivity contribution < 1.29 is 15.3 Å². The summed E-state index contributed by atoms with van der Waals surface area (Å²) in [6, 6.07) is 0. The van der Waals surface area contributed by atoms with Crippen molar-refractivity contribution in [3.8, 4) is 0 Å². The van der Waals surface area contributed by atoms with Crippen molar-refractivity contribution in [2.24, 2.45) is 11.3 Å². The molecule has 1 saturated carbocycles. The topological polar surface area (TPSA) is 49.7 Å². The molecule has 1 fully saturated rings. The summed E-state index contributed by atoms with van der Waals surface area (Å²) >= 11 is 3.37. The third kappa shape index (κ3) is 2.48. The Bertz CT molecular complexity index is 202. The minimum atomic E-state index is -1.40. The molecule has 3 atom stereocenters. The zero-order valence-electron chi connectivity index (χ0n) is 8.96.